The molecule has 0 aliphatic carbocycles. The van der Waals surface area contributed by atoms with Gasteiger partial charge in [0.05, 0.1) is 6.54 Å². The van der Waals surface area contributed by atoms with Gasteiger partial charge in [0.2, 0.25) is 0 Å². The number of nitrogens with one attached hydrogen (secondary N) is 2. The maximum atomic E-state index is 4.65. The molecule has 1 fully saturated rings. The SMILES string of the molecule is CCNC(=NCc1ccc(C)s1)NCC1CCCS1.I. The number of hydrogen-bond donors (Lipinski definition) is 2. The first-order chi connectivity index (χ1) is 9.28. The van der Waals surface area contributed by atoms with Crippen LogP contribution in [0, 0.1) is 6.92 Å². The number of thiophene rings is 1. The Morgan fingerprint density at radius 3 is 2.85 bits per heavy atom. The summed E-state index contributed by atoms with van der Waals surface area (Å²) in [5, 5.41) is 7.54. The van der Waals surface area contributed by atoms with Crippen LogP contribution in [0.3, 0.4) is 0 Å². The van der Waals surface area contributed by atoms with E-state index in [2.05, 4.69) is 53.4 Å². The minimum Gasteiger partial charge on any atom is -0.357 e. The summed E-state index contributed by atoms with van der Waals surface area (Å²) in [5.41, 5.74) is 0. The van der Waals surface area contributed by atoms with Crippen molar-refractivity contribution < 1.29 is 0 Å². The van der Waals surface area contributed by atoms with Crippen molar-refractivity contribution >= 4 is 53.0 Å². The lowest BCUT2D eigenvalue weighted by Crippen LogP contribution is -2.40. The minimum atomic E-state index is 0. The van der Waals surface area contributed by atoms with Crippen LogP contribution >= 0.6 is 47.1 Å². The molecule has 0 saturated carbocycles. The molecular formula is C14H24IN3S2. The maximum absolute atomic E-state index is 4.65. The third-order valence-corrected chi connectivity index (χ3v) is 5.44. The topological polar surface area (TPSA) is 36.4 Å². The van der Waals surface area contributed by atoms with Gasteiger partial charge in [-0.2, -0.15) is 11.8 Å². The molecule has 2 heterocycles. The van der Waals surface area contributed by atoms with Gasteiger partial charge in [-0.1, -0.05) is 0 Å². The Morgan fingerprint density at radius 1 is 1.40 bits per heavy atom. The van der Waals surface area contributed by atoms with Crippen molar-refractivity contribution in [2.45, 2.75) is 38.5 Å². The van der Waals surface area contributed by atoms with E-state index >= 15 is 0 Å². The number of guanidine groups is 1. The van der Waals surface area contributed by atoms with Gasteiger partial charge in [-0.3, -0.25) is 0 Å². The van der Waals surface area contributed by atoms with Crippen molar-refractivity contribution in [1.29, 1.82) is 0 Å². The monoisotopic (exact) mass is 425 g/mol. The van der Waals surface area contributed by atoms with E-state index in [1.54, 1.807) is 0 Å². The molecule has 1 atom stereocenters. The third-order valence-electron chi connectivity index (χ3n) is 3.05. The zero-order valence-corrected chi connectivity index (χ0v) is 16.1. The normalized spacial score (nSPS) is 18.7. The summed E-state index contributed by atoms with van der Waals surface area (Å²) >= 11 is 3.90. The largest absolute Gasteiger partial charge is 0.357 e. The second-order valence-corrected chi connectivity index (χ2v) is 7.50. The fourth-order valence-corrected chi connectivity index (χ4v) is 4.10. The number of aryl methyl sites for hydroxylation is 1. The molecule has 0 bridgehead atoms. The van der Waals surface area contributed by atoms with Crippen molar-refractivity contribution in [3.63, 3.8) is 0 Å². The number of aliphatic imine (C=N–C) groups is 1. The van der Waals surface area contributed by atoms with Crippen LogP contribution in [-0.4, -0.2) is 30.1 Å². The van der Waals surface area contributed by atoms with Gasteiger partial charge in [0.15, 0.2) is 5.96 Å². The van der Waals surface area contributed by atoms with Crippen LogP contribution in [0.4, 0.5) is 0 Å². The highest BCUT2D eigenvalue weighted by Crippen LogP contribution is 2.25. The first kappa shape index (κ1) is 18.1. The zero-order valence-electron chi connectivity index (χ0n) is 12.1. The van der Waals surface area contributed by atoms with Crippen LogP contribution in [0.15, 0.2) is 17.1 Å². The van der Waals surface area contributed by atoms with Crippen LogP contribution in [0.2, 0.25) is 0 Å². The first-order valence-corrected chi connectivity index (χ1v) is 8.83. The molecule has 6 heteroatoms. The van der Waals surface area contributed by atoms with Gasteiger partial charge >= 0.3 is 0 Å². The molecule has 1 aromatic rings. The van der Waals surface area contributed by atoms with Crippen molar-refractivity contribution in [1.82, 2.24) is 10.6 Å². The summed E-state index contributed by atoms with van der Waals surface area (Å²) in [4.78, 5) is 7.33. The van der Waals surface area contributed by atoms with Crippen LogP contribution in [0.25, 0.3) is 0 Å². The molecule has 114 valence electrons. The molecule has 20 heavy (non-hydrogen) atoms. The molecule has 0 spiro atoms. The zero-order chi connectivity index (χ0) is 13.5. The number of nitrogens with zero attached hydrogens (tertiary/aromatic N) is 1. The Morgan fingerprint density at radius 2 is 2.25 bits per heavy atom. The molecule has 2 N–H and O–H groups in total. The Balaban J connectivity index is 0.00000200. The molecule has 1 aromatic heterocycles. The lowest BCUT2D eigenvalue weighted by molar-refractivity contribution is 0.727. The van der Waals surface area contributed by atoms with Gasteiger partial charge < -0.3 is 10.6 Å². The van der Waals surface area contributed by atoms with Gasteiger partial charge in [-0.25, -0.2) is 4.99 Å². The number of rotatable bonds is 5. The lowest BCUT2D eigenvalue weighted by Gasteiger charge is -2.14. The number of thioether (sulfide) groups is 1. The standard InChI is InChI=1S/C14H23N3S2.HI/c1-3-15-14(16-9-12-5-4-8-18-12)17-10-13-7-6-11(2)19-13;/h6-7,12H,3-5,8-10H2,1-2H3,(H2,15,16,17);1H. The van der Waals surface area contributed by atoms with Crippen LogP contribution in [-0.2, 0) is 6.54 Å². The summed E-state index contributed by atoms with van der Waals surface area (Å²) in [5.74, 6) is 2.26. The number of halogens is 1. The molecule has 1 aliphatic heterocycles. The summed E-state index contributed by atoms with van der Waals surface area (Å²) in [7, 11) is 0. The van der Waals surface area contributed by atoms with Gasteiger partial charge in [-0.15, -0.1) is 35.3 Å². The smallest absolute Gasteiger partial charge is 0.191 e. The van der Waals surface area contributed by atoms with Gasteiger partial charge in [0.1, 0.15) is 0 Å². The van der Waals surface area contributed by atoms with Crippen molar-refractivity contribution in [3.8, 4) is 0 Å². The lowest BCUT2D eigenvalue weighted by atomic mass is 10.2. The van der Waals surface area contributed by atoms with E-state index in [1.807, 2.05) is 11.3 Å². The highest BCUT2D eigenvalue weighted by molar-refractivity contribution is 14.0. The third kappa shape index (κ3) is 6.22. The molecule has 2 rings (SSSR count). The molecule has 3 nitrogen and oxygen atoms in total. The summed E-state index contributed by atoms with van der Waals surface area (Å²) in [6.45, 7) is 6.95. The summed E-state index contributed by atoms with van der Waals surface area (Å²) in [6.07, 6.45) is 2.69. The average molecular weight is 425 g/mol. The second-order valence-electron chi connectivity index (χ2n) is 4.72. The molecular weight excluding hydrogens is 401 g/mol. The fourth-order valence-electron chi connectivity index (χ4n) is 2.08. The molecule has 0 radical (unpaired) electrons. The van der Waals surface area contributed by atoms with Gasteiger partial charge in [-0.05, 0) is 44.6 Å². The van der Waals surface area contributed by atoms with E-state index in [0.717, 1.165) is 30.8 Å². The van der Waals surface area contributed by atoms with E-state index < -0.39 is 0 Å². The van der Waals surface area contributed by atoms with Crippen LogP contribution in [0.5, 0.6) is 0 Å². The number of hydrogen-bond acceptors (Lipinski definition) is 3. The second kappa shape index (κ2) is 9.89. The van der Waals surface area contributed by atoms with Crippen molar-refractivity contribution in [2.75, 3.05) is 18.8 Å². The minimum absolute atomic E-state index is 0. The van der Waals surface area contributed by atoms with Crippen molar-refractivity contribution in [3.05, 3.63) is 21.9 Å². The molecule has 1 unspecified atom stereocenters. The Bertz CT molecular complexity index is 414. The quantitative estimate of drug-likeness (QED) is 0.430. The highest BCUT2D eigenvalue weighted by atomic mass is 127. The average Bonchev–Trinajstić information content (AvgIpc) is 3.04. The van der Waals surface area contributed by atoms with Crippen LogP contribution in [0.1, 0.15) is 29.5 Å². The van der Waals surface area contributed by atoms with Crippen molar-refractivity contribution in [2.24, 2.45) is 4.99 Å². The molecule has 0 amide bonds. The molecule has 0 aromatic carbocycles. The maximum Gasteiger partial charge on any atom is 0.191 e. The van der Waals surface area contributed by atoms with Gasteiger partial charge in [0.25, 0.3) is 0 Å². The Hall–Kier alpha value is 0.0500. The summed E-state index contributed by atoms with van der Waals surface area (Å²) < 4.78 is 0. The van der Waals surface area contributed by atoms with E-state index in [4.69, 9.17) is 0 Å². The highest BCUT2D eigenvalue weighted by Gasteiger charge is 2.15. The van der Waals surface area contributed by atoms with E-state index in [0.29, 0.717) is 0 Å². The Kier molecular flexibility index (Phi) is 8.95. The van der Waals surface area contributed by atoms with E-state index in [9.17, 15) is 0 Å². The molecule has 1 saturated heterocycles. The van der Waals surface area contributed by atoms with Gasteiger partial charge in [0, 0.05) is 28.1 Å². The van der Waals surface area contributed by atoms with E-state index in [1.165, 1.54) is 28.3 Å². The Labute approximate surface area is 147 Å². The first-order valence-electron chi connectivity index (χ1n) is 6.97. The van der Waals surface area contributed by atoms with Crippen LogP contribution < -0.4 is 10.6 Å². The van der Waals surface area contributed by atoms with E-state index in [-0.39, 0.29) is 24.0 Å². The predicted octanol–water partition coefficient (Wildman–Crippen LogP) is 3.63. The predicted molar refractivity (Wildman–Crippen MR) is 103 cm³/mol. The summed E-state index contributed by atoms with van der Waals surface area (Å²) in [6, 6.07) is 4.32. The molecule has 1 aliphatic rings. The fraction of sp³-hybridized carbons (Fsp3) is 0.643.